The van der Waals surface area contributed by atoms with Gasteiger partial charge in [0.2, 0.25) is 0 Å². The summed E-state index contributed by atoms with van der Waals surface area (Å²) in [6.45, 7) is 9.68. The van der Waals surface area contributed by atoms with Gasteiger partial charge in [-0.1, -0.05) is 46.0 Å². The van der Waals surface area contributed by atoms with Crippen LogP contribution in [0.5, 0.6) is 0 Å². The van der Waals surface area contributed by atoms with Crippen molar-refractivity contribution in [2.75, 3.05) is 19.7 Å². The molecule has 0 saturated carbocycles. The Hall–Kier alpha value is -0.0800. The Balaban J connectivity index is 3.08. The Bertz CT molecular complexity index is 128. The van der Waals surface area contributed by atoms with E-state index in [0.717, 1.165) is 19.7 Å². The maximum atomic E-state index is 5.74. The Morgan fingerprint density at radius 3 is 2.31 bits per heavy atom. The van der Waals surface area contributed by atoms with Crippen LogP contribution in [0.1, 0.15) is 65.7 Å². The van der Waals surface area contributed by atoms with Gasteiger partial charge in [-0.25, -0.2) is 0 Å². The summed E-state index contributed by atoms with van der Waals surface area (Å²) in [5.41, 5.74) is 0. The maximum Gasteiger partial charge on any atom is 0.0671 e. The van der Waals surface area contributed by atoms with Crippen LogP contribution in [0.4, 0.5) is 0 Å². The van der Waals surface area contributed by atoms with Crippen molar-refractivity contribution in [2.45, 2.75) is 71.8 Å². The lowest BCUT2D eigenvalue weighted by Crippen LogP contribution is -2.27. The number of hydrogen-bond acceptors (Lipinski definition) is 2. The Morgan fingerprint density at radius 2 is 1.62 bits per heavy atom. The molecule has 0 amide bonds. The molecule has 2 nitrogen and oxygen atoms in total. The molecule has 1 unspecified atom stereocenters. The first-order valence-electron chi connectivity index (χ1n) is 7.13. The van der Waals surface area contributed by atoms with Crippen LogP contribution in [-0.4, -0.2) is 25.8 Å². The van der Waals surface area contributed by atoms with Gasteiger partial charge in [-0.15, -0.1) is 0 Å². The summed E-state index contributed by atoms with van der Waals surface area (Å²) in [5, 5.41) is 3.42. The lowest BCUT2D eigenvalue weighted by molar-refractivity contribution is 0.0631. The SMILES string of the molecule is CCCCCCCOC(C)CNCCCC. The van der Waals surface area contributed by atoms with Crippen molar-refractivity contribution in [3.63, 3.8) is 0 Å². The minimum atomic E-state index is 0.364. The van der Waals surface area contributed by atoms with Gasteiger partial charge in [0, 0.05) is 13.2 Å². The third kappa shape index (κ3) is 12.0. The van der Waals surface area contributed by atoms with Gasteiger partial charge in [0.05, 0.1) is 6.10 Å². The van der Waals surface area contributed by atoms with Crippen LogP contribution >= 0.6 is 0 Å². The van der Waals surface area contributed by atoms with Crippen LogP contribution in [0.3, 0.4) is 0 Å². The van der Waals surface area contributed by atoms with Crippen LogP contribution in [0.25, 0.3) is 0 Å². The fraction of sp³-hybridized carbons (Fsp3) is 1.00. The molecule has 0 spiro atoms. The second-order valence-electron chi connectivity index (χ2n) is 4.65. The summed E-state index contributed by atoms with van der Waals surface area (Å²) in [6, 6.07) is 0. The zero-order valence-corrected chi connectivity index (χ0v) is 11.6. The summed E-state index contributed by atoms with van der Waals surface area (Å²) in [6.07, 6.45) is 9.49. The van der Waals surface area contributed by atoms with E-state index in [9.17, 15) is 0 Å². The van der Waals surface area contributed by atoms with Crippen LogP contribution in [0, 0.1) is 0 Å². The first-order valence-corrected chi connectivity index (χ1v) is 7.13. The standard InChI is InChI=1S/C14H31NO/c1-4-6-8-9-10-12-16-14(3)13-15-11-7-5-2/h14-15H,4-13H2,1-3H3. The zero-order valence-electron chi connectivity index (χ0n) is 11.6. The van der Waals surface area contributed by atoms with Gasteiger partial charge in [0.15, 0.2) is 0 Å². The molecule has 0 bridgehead atoms. The van der Waals surface area contributed by atoms with Gasteiger partial charge in [-0.05, 0) is 26.3 Å². The zero-order chi connectivity index (χ0) is 12.1. The van der Waals surface area contributed by atoms with E-state index in [0.29, 0.717) is 6.10 Å². The van der Waals surface area contributed by atoms with E-state index < -0.39 is 0 Å². The first kappa shape index (κ1) is 15.9. The molecule has 0 aromatic rings. The molecule has 0 rings (SSSR count). The average molecular weight is 229 g/mol. The lowest BCUT2D eigenvalue weighted by Gasteiger charge is -2.13. The number of unbranched alkanes of at least 4 members (excludes halogenated alkanes) is 5. The molecular weight excluding hydrogens is 198 g/mol. The van der Waals surface area contributed by atoms with Crippen molar-refractivity contribution in [2.24, 2.45) is 0 Å². The molecule has 0 radical (unpaired) electrons. The maximum absolute atomic E-state index is 5.74. The van der Waals surface area contributed by atoms with Gasteiger partial charge in [-0.3, -0.25) is 0 Å². The van der Waals surface area contributed by atoms with E-state index >= 15 is 0 Å². The lowest BCUT2D eigenvalue weighted by atomic mass is 10.2. The van der Waals surface area contributed by atoms with E-state index in [-0.39, 0.29) is 0 Å². The smallest absolute Gasteiger partial charge is 0.0671 e. The number of rotatable bonds is 12. The highest BCUT2D eigenvalue weighted by Gasteiger charge is 2.00. The normalized spacial score (nSPS) is 12.9. The van der Waals surface area contributed by atoms with E-state index in [2.05, 4.69) is 26.1 Å². The molecule has 0 aliphatic rings. The summed E-state index contributed by atoms with van der Waals surface area (Å²) in [4.78, 5) is 0. The van der Waals surface area contributed by atoms with Crippen molar-refractivity contribution in [1.29, 1.82) is 0 Å². The van der Waals surface area contributed by atoms with Crippen molar-refractivity contribution < 1.29 is 4.74 Å². The number of ether oxygens (including phenoxy) is 1. The molecule has 0 aromatic heterocycles. The minimum absolute atomic E-state index is 0.364. The van der Waals surface area contributed by atoms with E-state index in [1.807, 2.05) is 0 Å². The topological polar surface area (TPSA) is 21.3 Å². The molecule has 0 fully saturated rings. The quantitative estimate of drug-likeness (QED) is 0.515. The van der Waals surface area contributed by atoms with Crippen molar-refractivity contribution in [3.8, 4) is 0 Å². The van der Waals surface area contributed by atoms with Gasteiger partial charge in [0.1, 0.15) is 0 Å². The molecule has 0 aliphatic carbocycles. The second-order valence-corrected chi connectivity index (χ2v) is 4.65. The van der Waals surface area contributed by atoms with Gasteiger partial charge in [0.25, 0.3) is 0 Å². The summed E-state index contributed by atoms with van der Waals surface area (Å²) < 4.78 is 5.74. The highest BCUT2D eigenvalue weighted by atomic mass is 16.5. The summed E-state index contributed by atoms with van der Waals surface area (Å²) in [5.74, 6) is 0. The Kier molecular flexibility index (Phi) is 12.9. The van der Waals surface area contributed by atoms with E-state index in [4.69, 9.17) is 4.74 Å². The number of nitrogens with one attached hydrogen (secondary N) is 1. The monoisotopic (exact) mass is 229 g/mol. The van der Waals surface area contributed by atoms with Crippen molar-refractivity contribution in [1.82, 2.24) is 5.32 Å². The molecule has 1 atom stereocenters. The minimum Gasteiger partial charge on any atom is -0.377 e. The van der Waals surface area contributed by atoms with Crippen LogP contribution < -0.4 is 5.32 Å². The molecule has 16 heavy (non-hydrogen) atoms. The van der Waals surface area contributed by atoms with Crippen molar-refractivity contribution >= 4 is 0 Å². The molecule has 0 aromatic carbocycles. The average Bonchev–Trinajstić information content (AvgIpc) is 2.29. The third-order valence-electron chi connectivity index (χ3n) is 2.79. The predicted octanol–water partition coefficient (Wildman–Crippen LogP) is 3.75. The molecule has 1 N–H and O–H groups in total. The van der Waals surface area contributed by atoms with E-state index in [1.165, 1.54) is 44.9 Å². The second kappa shape index (κ2) is 13.0. The van der Waals surface area contributed by atoms with Gasteiger partial charge < -0.3 is 10.1 Å². The van der Waals surface area contributed by atoms with Crippen LogP contribution in [0.15, 0.2) is 0 Å². The molecule has 98 valence electrons. The summed E-state index contributed by atoms with van der Waals surface area (Å²) >= 11 is 0. The predicted molar refractivity (Wildman–Crippen MR) is 72.0 cm³/mol. The van der Waals surface area contributed by atoms with Crippen LogP contribution in [0.2, 0.25) is 0 Å². The summed E-state index contributed by atoms with van der Waals surface area (Å²) in [7, 11) is 0. The molecule has 0 aliphatic heterocycles. The number of hydrogen-bond donors (Lipinski definition) is 1. The third-order valence-corrected chi connectivity index (χ3v) is 2.79. The van der Waals surface area contributed by atoms with E-state index in [1.54, 1.807) is 0 Å². The van der Waals surface area contributed by atoms with Gasteiger partial charge >= 0.3 is 0 Å². The first-order chi connectivity index (χ1) is 7.81. The fourth-order valence-electron chi connectivity index (χ4n) is 1.66. The molecule has 0 saturated heterocycles. The molecule has 0 heterocycles. The van der Waals surface area contributed by atoms with Crippen molar-refractivity contribution in [3.05, 3.63) is 0 Å². The highest BCUT2D eigenvalue weighted by Crippen LogP contribution is 2.03. The van der Waals surface area contributed by atoms with Crippen LogP contribution in [-0.2, 0) is 4.74 Å². The van der Waals surface area contributed by atoms with Gasteiger partial charge in [-0.2, -0.15) is 0 Å². The Morgan fingerprint density at radius 1 is 0.938 bits per heavy atom. The molecular formula is C14H31NO. The fourth-order valence-corrected chi connectivity index (χ4v) is 1.66. The Labute approximate surface area is 102 Å². The highest BCUT2D eigenvalue weighted by molar-refractivity contribution is 4.55. The molecule has 2 heteroatoms. The largest absolute Gasteiger partial charge is 0.377 e.